The lowest BCUT2D eigenvalue weighted by Gasteiger charge is -2.34. The van der Waals surface area contributed by atoms with Crippen LogP contribution in [0.5, 0.6) is 5.75 Å². The van der Waals surface area contributed by atoms with Gasteiger partial charge in [-0.2, -0.15) is 4.39 Å². The predicted molar refractivity (Wildman–Crippen MR) is 127 cm³/mol. The minimum atomic E-state index is -0.569. The van der Waals surface area contributed by atoms with Gasteiger partial charge < -0.3 is 13.9 Å². The molecule has 0 N–H and O–H groups in total. The molecule has 0 spiro atoms. The highest BCUT2D eigenvalue weighted by Crippen LogP contribution is 2.58. The largest absolute Gasteiger partial charge is 0.489 e. The third-order valence-electron chi connectivity index (χ3n) is 7.47. The molecule has 1 saturated carbocycles. The Morgan fingerprint density at radius 3 is 2.48 bits per heavy atom. The Kier molecular flexibility index (Phi) is 6.26. The lowest BCUT2D eigenvalue weighted by molar-refractivity contribution is -0.142. The van der Waals surface area contributed by atoms with Crippen molar-refractivity contribution in [3.8, 4) is 5.75 Å². The Hall–Kier alpha value is -2.82. The van der Waals surface area contributed by atoms with Crippen molar-refractivity contribution in [3.05, 3.63) is 65.2 Å². The molecule has 1 aliphatic carbocycles. The van der Waals surface area contributed by atoms with Gasteiger partial charge in [-0.05, 0) is 65.8 Å². The number of esters is 1. The van der Waals surface area contributed by atoms with E-state index in [4.69, 9.17) is 13.9 Å². The number of hydrogen-bond acceptors (Lipinski definition) is 4. The summed E-state index contributed by atoms with van der Waals surface area (Å²) in [5.74, 6) is 0.658. The van der Waals surface area contributed by atoms with Crippen molar-refractivity contribution in [3.63, 3.8) is 0 Å². The van der Waals surface area contributed by atoms with Gasteiger partial charge in [-0.1, -0.05) is 45.9 Å². The minimum absolute atomic E-state index is 0.160. The van der Waals surface area contributed by atoms with E-state index in [2.05, 4.69) is 33.8 Å². The second-order valence-corrected chi connectivity index (χ2v) is 10.4. The Balaban J connectivity index is 1.61. The zero-order chi connectivity index (χ0) is 23.8. The number of hydrogen-bond donors (Lipinski definition) is 0. The molecule has 4 rings (SSSR count). The topological polar surface area (TPSA) is 48.7 Å². The van der Waals surface area contributed by atoms with Gasteiger partial charge in [-0.15, -0.1) is 0 Å². The van der Waals surface area contributed by atoms with E-state index in [0.29, 0.717) is 30.5 Å². The van der Waals surface area contributed by atoms with Crippen molar-refractivity contribution in [1.29, 1.82) is 0 Å². The Morgan fingerprint density at radius 1 is 1.09 bits per heavy atom. The van der Waals surface area contributed by atoms with Gasteiger partial charge in [0.15, 0.2) is 0 Å². The second-order valence-electron chi connectivity index (χ2n) is 10.4. The Morgan fingerprint density at radius 2 is 1.79 bits per heavy atom. The number of carbonyl (C=O) groups is 1. The molecule has 5 heteroatoms. The number of furan rings is 1. The highest BCUT2D eigenvalue weighted by atomic mass is 19.1. The number of carbonyl (C=O) groups excluding carboxylic acids is 1. The van der Waals surface area contributed by atoms with Gasteiger partial charge in [-0.3, -0.25) is 4.79 Å². The van der Waals surface area contributed by atoms with Crippen molar-refractivity contribution >= 4 is 16.9 Å². The first-order valence-electron chi connectivity index (χ1n) is 11.7. The fourth-order valence-corrected chi connectivity index (χ4v) is 5.00. The predicted octanol–water partition coefficient (Wildman–Crippen LogP) is 7.19. The van der Waals surface area contributed by atoms with Crippen LogP contribution in [-0.4, -0.2) is 12.6 Å². The molecule has 1 aromatic heterocycles. The molecule has 0 unspecified atom stereocenters. The van der Waals surface area contributed by atoms with Crippen LogP contribution in [0.2, 0.25) is 0 Å². The van der Waals surface area contributed by atoms with Crippen LogP contribution in [0.3, 0.4) is 0 Å². The average Bonchev–Trinajstić information content (AvgIpc) is 3.21. The summed E-state index contributed by atoms with van der Waals surface area (Å²) < 4.78 is 30.8. The zero-order valence-electron chi connectivity index (χ0n) is 20.2. The molecule has 1 aliphatic rings. The molecule has 4 nitrogen and oxygen atoms in total. The fraction of sp³-hybridized carbons (Fsp3) is 0.464. The molecule has 1 fully saturated rings. The van der Waals surface area contributed by atoms with Crippen molar-refractivity contribution in [2.24, 2.45) is 10.8 Å². The maximum atomic E-state index is 14.1. The van der Waals surface area contributed by atoms with Gasteiger partial charge in [0.1, 0.15) is 17.9 Å². The van der Waals surface area contributed by atoms with Crippen LogP contribution in [0.25, 0.3) is 11.0 Å². The second kappa shape index (κ2) is 8.85. The standard InChI is InChI=1S/C28H33FO4/c1-6-31-25(30)14-19-9-7-8-10-23(19)32-17-18-11-20-13-24(29)33-26(20)22(12-18)21-15-27(2,3)28(4,5)16-21/h7-13,21H,6,14-17H2,1-5H3. The molecule has 0 bridgehead atoms. The molecule has 1 heterocycles. The number of ether oxygens (including phenoxy) is 2. The normalized spacial score (nSPS) is 17.4. The smallest absolute Gasteiger partial charge is 0.310 e. The minimum Gasteiger partial charge on any atom is -0.489 e. The summed E-state index contributed by atoms with van der Waals surface area (Å²) in [6.07, 6.45) is 2.20. The van der Waals surface area contributed by atoms with E-state index in [1.165, 1.54) is 6.07 Å². The van der Waals surface area contributed by atoms with Crippen molar-refractivity contribution in [2.45, 2.75) is 66.4 Å². The van der Waals surface area contributed by atoms with E-state index < -0.39 is 6.01 Å². The number of benzene rings is 2. The van der Waals surface area contributed by atoms with Crippen LogP contribution in [0.15, 0.2) is 46.9 Å². The summed E-state index contributed by atoms with van der Waals surface area (Å²) in [6, 6.07) is 12.4. The summed E-state index contributed by atoms with van der Waals surface area (Å²) in [5, 5.41) is 0.755. The molecule has 0 saturated heterocycles. The average molecular weight is 453 g/mol. The SMILES string of the molecule is CCOC(=O)Cc1ccccc1OCc1cc(C2CC(C)(C)C(C)(C)C2)c2oc(F)cc2c1. The highest BCUT2D eigenvalue weighted by molar-refractivity contribution is 5.82. The molecule has 0 atom stereocenters. The Labute approximate surface area is 195 Å². The van der Waals surface area contributed by atoms with E-state index in [9.17, 15) is 9.18 Å². The maximum absolute atomic E-state index is 14.1. The van der Waals surface area contributed by atoms with E-state index >= 15 is 0 Å². The number of rotatable bonds is 7. The third kappa shape index (κ3) is 4.78. The van der Waals surface area contributed by atoms with E-state index in [1.807, 2.05) is 30.3 Å². The first kappa shape index (κ1) is 23.3. The molecule has 2 aromatic carbocycles. The van der Waals surface area contributed by atoms with Crippen LogP contribution in [0, 0.1) is 16.8 Å². The highest BCUT2D eigenvalue weighted by Gasteiger charge is 2.47. The van der Waals surface area contributed by atoms with Crippen molar-refractivity contribution in [1.82, 2.24) is 0 Å². The Bertz CT molecular complexity index is 1140. The van der Waals surface area contributed by atoms with Crippen molar-refractivity contribution in [2.75, 3.05) is 6.61 Å². The molecule has 0 amide bonds. The lowest BCUT2D eigenvalue weighted by atomic mass is 9.71. The molecule has 176 valence electrons. The first-order valence-corrected chi connectivity index (χ1v) is 11.7. The zero-order valence-corrected chi connectivity index (χ0v) is 20.2. The van der Waals surface area contributed by atoms with E-state index in [0.717, 1.165) is 34.9 Å². The van der Waals surface area contributed by atoms with Crippen LogP contribution < -0.4 is 4.74 Å². The maximum Gasteiger partial charge on any atom is 0.310 e. The number of fused-ring (bicyclic) bond motifs is 1. The van der Waals surface area contributed by atoms with Gasteiger partial charge in [0, 0.05) is 17.0 Å². The molecule has 0 aliphatic heterocycles. The molecule has 3 aromatic rings. The van der Waals surface area contributed by atoms with Crippen LogP contribution >= 0.6 is 0 Å². The quantitative estimate of drug-likeness (QED) is 0.356. The van der Waals surface area contributed by atoms with Gasteiger partial charge in [0.25, 0.3) is 6.01 Å². The van der Waals surface area contributed by atoms with Crippen LogP contribution in [-0.2, 0) is 22.6 Å². The van der Waals surface area contributed by atoms with Gasteiger partial charge in [0.2, 0.25) is 0 Å². The summed E-state index contributed by atoms with van der Waals surface area (Å²) in [6.45, 7) is 11.7. The number of para-hydroxylation sites is 1. The van der Waals surface area contributed by atoms with Gasteiger partial charge in [0.05, 0.1) is 13.0 Å². The van der Waals surface area contributed by atoms with Crippen LogP contribution in [0.4, 0.5) is 4.39 Å². The van der Waals surface area contributed by atoms with E-state index in [-0.39, 0.29) is 23.2 Å². The summed E-state index contributed by atoms with van der Waals surface area (Å²) >= 11 is 0. The van der Waals surface area contributed by atoms with Gasteiger partial charge in [-0.25, -0.2) is 0 Å². The molecule has 33 heavy (non-hydrogen) atoms. The fourth-order valence-electron chi connectivity index (χ4n) is 5.00. The van der Waals surface area contributed by atoms with Crippen molar-refractivity contribution < 1.29 is 23.1 Å². The monoisotopic (exact) mass is 452 g/mol. The molecular formula is C28H33FO4. The molecule has 0 radical (unpaired) electrons. The summed E-state index contributed by atoms with van der Waals surface area (Å²) in [4.78, 5) is 12.0. The lowest BCUT2D eigenvalue weighted by Crippen LogP contribution is -2.25. The summed E-state index contributed by atoms with van der Waals surface area (Å²) in [5.41, 5.74) is 3.77. The van der Waals surface area contributed by atoms with E-state index in [1.54, 1.807) is 6.92 Å². The van der Waals surface area contributed by atoms with Crippen LogP contribution in [0.1, 0.15) is 70.1 Å². The molecular weight excluding hydrogens is 419 g/mol. The first-order chi connectivity index (χ1) is 15.6. The summed E-state index contributed by atoms with van der Waals surface area (Å²) in [7, 11) is 0. The third-order valence-corrected chi connectivity index (χ3v) is 7.47. The van der Waals surface area contributed by atoms with Gasteiger partial charge >= 0.3 is 5.97 Å². The number of halogens is 1.